The fourth-order valence-corrected chi connectivity index (χ4v) is 4.45. The molecule has 0 N–H and O–H groups in total. The number of likely N-dealkylation sites (tertiary alicyclic amines) is 1. The zero-order valence-electron chi connectivity index (χ0n) is 13.8. The largest absolute Gasteiger partial charge is 0.366 e. The minimum atomic E-state index is -0.0606. The Bertz CT molecular complexity index is 729. The fraction of sp³-hybridized carbons (Fsp3) is 0.529. The molecule has 4 heterocycles. The third kappa shape index (κ3) is 2.82. The number of ether oxygens (including phenoxy) is 1. The molecule has 2 saturated heterocycles. The third-order valence-electron chi connectivity index (χ3n) is 4.94. The summed E-state index contributed by atoms with van der Waals surface area (Å²) in [7, 11) is 0. The predicted molar refractivity (Wildman–Crippen MR) is 89.9 cm³/mol. The third-order valence-corrected chi connectivity index (χ3v) is 6.11. The monoisotopic (exact) mass is 344 g/mol. The van der Waals surface area contributed by atoms with Gasteiger partial charge in [0, 0.05) is 30.4 Å². The fourth-order valence-electron chi connectivity index (χ4n) is 3.48. The normalized spacial score (nSPS) is 26.4. The lowest BCUT2D eigenvalue weighted by atomic mass is 9.91. The molecular weight excluding hydrogens is 324 g/mol. The summed E-state index contributed by atoms with van der Waals surface area (Å²) in [4.78, 5) is 28.4. The lowest BCUT2D eigenvalue weighted by Crippen LogP contribution is -2.45. The molecule has 6 nitrogen and oxygen atoms in total. The van der Waals surface area contributed by atoms with Crippen LogP contribution >= 0.6 is 11.3 Å². The number of carbonyl (C=O) groups is 1. The van der Waals surface area contributed by atoms with Crippen LogP contribution in [-0.4, -0.2) is 45.0 Å². The number of piperidine rings is 1. The summed E-state index contributed by atoms with van der Waals surface area (Å²) in [5.41, 5.74) is 1.49. The van der Waals surface area contributed by atoms with Crippen LogP contribution in [0.15, 0.2) is 18.6 Å². The van der Waals surface area contributed by atoms with Crippen LogP contribution < -0.4 is 0 Å². The number of amides is 1. The Morgan fingerprint density at radius 2 is 2.25 bits per heavy atom. The summed E-state index contributed by atoms with van der Waals surface area (Å²) in [6, 6.07) is 0. The van der Waals surface area contributed by atoms with E-state index in [9.17, 15) is 4.79 Å². The zero-order valence-corrected chi connectivity index (χ0v) is 14.6. The highest BCUT2D eigenvalue weighted by Gasteiger charge is 2.42. The molecule has 2 aromatic heterocycles. The van der Waals surface area contributed by atoms with Crippen LogP contribution in [0.4, 0.5) is 0 Å². The lowest BCUT2D eigenvalue weighted by molar-refractivity contribution is -0.00468. The van der Waals surface area contributed by atoms with Crippen molar-refractivity contribution in [2.45, 2.75) is 38.9 Å². The number of aromatic nitrogens is 3. The van der Waals surface area contributed by atoms with Crippen molar-refractivity contribution in [3.05, 3.63) is 39.9 Å². The lowest BCUT2D eigenvalue weighted by Gasteiger charge is -2.33. The van der Waals surface area contributed by atoms with E-state index < -0.39 is 0 Å². The minimum absolute atomic E-state index is 0.0606. The second-order valence-corrected chi connectivity index (χ2v) is 7.72. The Morgan fingerprint density at radius 1 is 1.38 bits per heavy atom. The van der Waals surface area contributed by atoms with Gasteiger partial charge in [0.2, 0.25) is 0 Å². The van der Waals surface area contributed by atoms with Gasteiger partial charge < -0.3 is 9.64 Å². The van der Waals surface area contributed by atoms with Gasteiger partial charge in [-0.25, -0.2) is 9.97 Å². The molecular formula is C17H20N4O2S. The second kappa shape index (κ2) is 6.22. The summed E-state index contributed by atoms with van der Waals surface area (Å²) in [6.07, 6.45) is 6.79. The van der Waals surface area contributed by atoms with Crippen LogP contribution in [-0.2, 0) is 4.74 Å². The molecule has 126 valence electrons. The van der Waals surface area contributed by atoms with E-state index in [1.165, 1.54) is 11.1 Å². The Kier molecular flexibility index (Phi) is 4.05. The van der Waals surface area contributed by atoms with Gasteiger partial charge in [0.25, 0.3) is 5.91 Å². The molecule has 2 aliphatic rings. The van der Waals surface area contributed by atoms with E-state index in [-0.39, 0.29) is 18.1 Å². The minimum Gasteiger partial charge on any atom is -0.366 e. The summed E-state index contributed by atoms with van der Waals surface area (Å²) in [5, 5.41) is 1.08. The van der Waals surface area contributed by atoms with E-state index >= 15 is 0 Å². The number of aryl methyl sites for hydroxylation is 2. The first kappa shape index (κ1) is 15.7. The smallest absolute Gasteiger partial charge is 0.274 e. The van der Waals surface area contributed by atoms with E-state index in [2.05, 4.69) is 21.9 Å². The quantitative estimate of drug-likeness (QED) is 0.837. The van der Waals surface area contributed by atoms with Crippen molar-refractivity contribution in [2.24, 2.45) is 5.92 Å². The van der Waals surface area contributed by atoms with Crippen molar-refractivity contribution >= 4 is 17.2 Å². The van der Waals surface area contributed by atoms with Gasteiger partial charge in [-0.1, -0.05) is 0 Å². The first-order chi connectivity index (χ1) is 11.6. The Balaban J connectivity index is 1.45. The first-order valence-corrected chi connectivity index (χ1v) is 9.08. The van der Waals surface area contributed by atoms with E-state index in [1.807, 2.05) is 11.8 Å². The maximum absolute atomic E-state index is 12.5. The van der Waals surface area contributed by atoms with E-state index in [1.54, 1.807) is 23.7 Å². The summed E-state index contributed by atoms with van der Waals surface area (Å²) >= 11 is 1.73. The van der Waals surface area contributed by atoms with E-state index in [4.69, 9.17) is 4.74 Å². The van der Waals surface area contributed by atoms with Gasteiger partial charge in [0.1, 0.15) is 16.8 Å². The van der Waals surface area contributed by atoms with Gasteiger partial charge >= 0.3 is 0 Å². The van der Waals surface area contributed by atoms with Crippen LogP contribution in [0.3, 0.4) is 0 Å². The maximum Gasteiger partial charge on any atom is 0.274 e. The SMILES string of the molecule is Cc1nc([C@H]2C[C@H]3CCN(C(=O)c4cnccn4)C[C@@H]3O2)sc1C. The summed E-state index contributed by atoms with van der Waals surface area (Å²) in [5.74, 6) is 0.444. The topological polar surface area (TPSA) is 68.2 Å². The first-order valence-electron chi connectivity index (χ1n) is 8.26. The van der Waals surface area contributed by atoms with E-state index in [0.29, 0.717) is 18.2 Å². The van der Waals surface area contributed by atoms with Crippen molar-refractivity contribution in [1.29, 1.82) is 0 Å². The predicted octanol–water partition coefficient (Wildman–Crippen LogP) is 2.54. The molecule has 3 atom stereocenters. The highest BCUT2D eigenvalue weighted by atomic mass is 32.1. The maximum atomic E-state index is 12.5. The molecule has 0 radical (unpaired) electrons. The van der Waals surface area contributed by atoms with Crippen LogP contribution in [0.1, 0.15) is 45.0 Å². The molecule has 2 aliphatic heterocycles. The van der Waals surface area contributed by atoms with Gasteiger partial charge in [-0.2, -0.15) is 0 Å². The van der Waals surface area contributed by atoms with Crippen LogP contribution in [0.25, 0.3) is 0 Å². The Labute approximate surface area is 144 Å². The standard InChI is InChI=1S/C17H20N4O2S/c1-10-11(2)24-16(20-10)14-7-12-3-6-21(9-15(12)23-14)17(22)13-8-18-4-5-19-13/h4-5,8,12,14-15H,3,6-7,9H2,1-2H3/t12-,14-,15+/m1/s1. The van der Waals surface area contributed by atoms with Gasteiger partial charge in [0.05, 0.1) is 18.0 Å². The van der Waals surface area contributed by atoms with Crippen molar-refractivity contribution in [3.8, 4) is 0 Å². The highest BCUT2D eigenvalue weighted by Crippen LogP contribution is 2.42. The molecule has 0 unspecified atom stereocenters. The van der Waals surface area contributed by atoms with Gasteiger partial charge in [-0.15, -0.1) is 11.3 Å². The molecule has 1 amide bonds. The Morgan fingerprint density at radius 3 is 2.96 bits per heavy atom. The average Bonchev–Trinajstić information content (AvgIpc) is 3.18. The van der Waals surface area contributed by atoms with Gasteiger partial charge in [-0.3, -0.25) is 9.78 Å². The molecule has 0 aliphatic carbocycles. The van der Waals surface area contributed by atoms with Crippen molar-refractivity contribution in [2.75, 3.05) is 13.1 Å². The molecule has 0 spiro atoms. The zero-order chi connectivity index (χ0) is 16.7. The number of fused-ring (bicyclic) bond motifs is 1. The molecule has 2 fully saturated rings. The molecule has 2 aromatic rings. The number of rotatable bonds is 2. The van der Waals surface area contributed by atoms with Crippen LogP contribution in [0.5, 0.6) is 0 Å². The van der Waals surface area contributed by atoms with Gasteiger partial charge in [0.15, 0.2) is 0 Å². The Hall–Kier alpha value is -1.86. The number of thiazole rings is 1. The summed E-state index contributed by atoms with van der Waals surface area (Å²) < 4.78 is 6.25. The van der Waals surface area contributed by atoms with Crippen molar-refractivity contribution < 1.29 is 9.53 Å². The highest BCUT2D eigenvalue weighted by molar-refractivity contribution is 7.11. The van der Waals surface area contributed by atoms with Crippen LogP contribution in [0, 0.1) is 19.8 Å². The number of carbonyl (C=O) groups excluding carboxylic acids is 1. The summed E-state index contributed by atoms with van der Waals surface area (Å²) in [6.45, 7) is 5.51. The van der Waals surface area contributed by atoms with Gasteiger partial charge in [-0.05, 0) is 32.6 Å². The molecule has 4 rings (SSSR count). The van der Waals surface area contributed by atoms with Crippen LogP contribution in [0.2, 0.25) is 0 Å². The van der Waals surface area contributed by atoms with Crippen molar-refractivity contribution in [1.82, 2.24) is 19.9 Å². The molecule has 24 heavy (non-hydrogen) atoms. The number of nitrogens with zero attached hydrogens (tertiary/aromatic N) is 4. The van der Waals surface area contributed by atoms with Crippen molar-refractivity contribution in [3.63, 3.8) is 0 Å². The number of hydrogen-bond donors (Lipinski definition) is 0. The average molecular weight is 344 g/mol. The molecule has 0 saturated carbocycles. The van der Waals surface area contributed by atoms with E-state index in [0.717, 1.165) is 30.1 Å². The number of hydrogen-bond acceptors (Lipinski definition) is 6. The molecule has 7 heteroatoms. The molecule has 0 bridgehead atoms. The molecule has 0 aromatic carbocycles. The second-order valence-electron chi connectivity index (χ2n) is 6.48.